The molecule has 4 nitrogen and oxygen atoms in total. The summed E-state index contributed by atoms with van der Waals surface area (Å²) in [6.07, 6.45) is 2.92. The number of ether oxygens (including phenoxy) is 1. The fourth-order valence-electron chi connectivity index (χ4n) is 1.83. The molecule has 0 radical (unpaired) electrons. The molecule has 1 heterocycles. The lowest BCUT2D eigenvalue weighted by Crippen LogP contribution is -2.33. The molecule has 0 aromatic rings. The summed E-state index contributed by atoms with van der Waals surface area (Å²) in [7, 11) is 0. The van der Waals surface area contributed by atoms with Crippen molar-refractivity contribution in [3.63, 3.8) is 0 Å². The minimum Gasteiger partial charge on any atom is -0.380 e. The van der Waals surface area contributed by atoms with Crippen molar-refractivity contribution in [2.45, 2.75) is 26.2 Å². The number of rotatable bonds is 6. The minimum atomic E-state index is 0. The Kier molecular flexibility index (Phi) is 9.68. The van der Waals surface area contributed by atoms with Crippen LogP contribution in [0.2, 0.25) is 0 Å². The van der Waals surface area contributed by atoms with Gasteiger partial charge in [-0.05, 0) is 38.8 Å². The summed E-state index contributed by atoms with van der Waals surface area (Å²) in [6, 6.07) is 0. The zero-order valence-electron chi connectivity index (χ0n) is 9.96. The smallest absolute Gasteiger partial charge is 0.220 e. The number of carbonyl (C=O) groups excluding carboxylic acids is 1. The number of hydrogen-bond donors (Lipinski definition) is 2. The van der Waals surface area contributed by atoms with E-state index in [4.69, 9.17) is 4.74 Å². The fraction of sp³-hybridized carbons (Fsp3) is 0.909. The minimum absolute atomic E-state index is 0. The third-order valence-corrected chi connectivity index (χ3v) is 2.71. The summed E-state index contributed by atoms with van der Waals surface area (Å²) in [6.45, 7) is 6.03. The van der Waals surface area contributed by atoms with Crippen molar-refractivity contribution in [3.05, 3.63) is 0 Å². The standard InChI is InChI=1S/C11H22N2O2.ClH/c1-2-15-8-7-13-11(14)9-10-3-5-12-6-4-10;/h10,12H,2-9H2,1H3,(H,13,14);1H. The number of piperidine rings is 1. The van der Waals surface area contributed by atoms with E-state index in [1.54, 1.807) is 0 Å². The van der Waals surface area contributed by atoms with Gasteiger partial charge in [-0.1, -0.05) is 0 Å². The van der Waals surface area contributed by atoms with Gasteiger partial charge in [-0.3, -0.25) is 4.79 Å². The second-order valence-electron chi connectivity index (χ2n) is 3.94. The van der Waals surface area contributed by atoms with Gasteiger partial charge >= 0.3 is 0 Å². The second kappa shape index (κ2) is 9.87. The zero-order valence-corrected chi connectivity index (χ0v) is 10.8. The molecule has 16 heavy (non-hydrogen) atoms. The van der Waals surface area contributed by atoms with Crippen molar-refractivity contribution in [3.8, 4) is 0 Å². The van der Waals surface area contributed by atoms with E-state index in [1.807, 2.05) is 6.92 Å². The SMILES string of the molecule is CCOCCNC(=O)CC1CCNCC1.Cl. The van der Waals surface area contributed by atoms with Crippen LogP contribution in [0.3, 0.4) is 0 Å². The van der Waals surface area contributed by atoms with E-state index in [0.29, 0.717) is 32.1 Å². The summed E-state index contributed by atoms with van der Waals surface area (Å²) >= 11 is 0. The molecular weight excluding hydrogens is 228 g/mol. The van der Waals surface area contributed by atoms with E-state index < -0.39 is 0 Å². The Hall–Kier alpha value is -0.320. The molecule has 0 unspecified atom stereocenters. The Bertz CT molecular complexity index is 185. The van der Waals surface area contributed by atoms with Crippen molar-refractivity contribution in [2.24, 2.45) is 5.92 Å². The highest BCUT2D eigenvalue weighted by molar-refractivity contribution is 5.85. The maximum absolute atomic E-state index is 11.5. The van der Waals surface area contributed by atoms with Gasteiger partial charge in [0.2, 0.25) is 5.91 Å². The molecule has 0 aliphatic carbocycles. The van der Waals surface area contributed by atoms with Crippen LogP contribution in [0.4, 0.5) is 0 Å². The fourth-order valence-corrected chi connectivity index (χ4v) is 1.83. The maximum Gasteiger partial charge on any atom is 0.220 e. The Labute approximate surface area is 104 Å². The van der Waals surface area contributed by atoms with Crippen LogP contribution >= 0.6 is 12.4 Å². The largest absolute Gasteiger partial charge is 0.380 e. The van der Waals surface area contributed by atoms with Crippen molar-refractivity contribution in [2.75, 3.05) is 32.8 Å². The van der Waals surface area contributed by atoms with Crippen molar-refractivity contribution < 1.29 is 9.53 Å². The molecule has 2 N–H and O–H groups in total. The Balaban J connectivity index is 0.00000225. The third-order valence-electron chi connectivity index (χ3n) is 2.71. The lowest BCUT2D eigenvalue weighted by molar-refractivity contribution is -0.122. The average Bonchev–Trinajstić information content (AvgIpc) is 2.26. The molecule has 0 saturated carbocycles. The Morgan fingerprint density at radius 3 is 2.75 bits per heavy atom. The first-order chi connectivity index (χ1) is 7.33. The summed E-state index contributed by atoms with van der Waals surface area (Å²) < 4.78 is 5.15. The van der Waals surface area contributed by atoms with Crippen LogP contribution in [0, 0.1) is 5.92 Å². The highest BCUT2D eigenvalue weighted by atomic mass is 35.5. The first kappa shape index (κ1) is 15.7. The molecule has 1 fully saturated rings. The summed E-state index contributed by atoms with van der Waals surface area (Å²) in [5.41, 5.74) is 0. The van der Waals surface area contributed by atoms with Gasteiger partial charge in [0.1, 0.15) is 0 Å². The first-order valence-electron chi connectivity index (χ1n) is 5.88. The van der Waals surface area contributed by atoms with E-state index in [1.165, 1.54) is 0 Å². The molecule has 1 aliphatic rings. The van der Waals surface area contributed by atoms with Gasteiger partial charge in [0.25, 0.3) is 0 Å². The number of carbonyl (C=O) groups is 1. The summed E-state index contributed by atoms with van der Waals surface area (Å²) in [4.78, 5) is 11.5. The molecule has 5 heteroatoms. The molecule has 1 saturated heterocycles. The predicted octanol–water partition coefficient (Wildman–Crippen LogP) is 0.951. The molecular formula is C11H23ClN2O2. The first-order valence-corrected chi connectivity index (χ1v) is 5.88. The van der Waals surface area contributed by atoms with E-state index >= 15 is 0 Å². The van der Waals surface area contributed by atoms with Gasteiger partial charge in [-0.15, -0.1) is 12.4 Å². The average molecular weight is 251 g/mol. The van der Waals surface area contributed by atoms with Crippen LogP contribution in [0.15, 0.2) is 0 Å². The maximum atomic E-state index is 11.5. The molecule has 1 aliphatic heterocycles. The molecule has 1 rings (SSSR count). The molecule has 0 spiro atoms. The molecule has 0 atom stereocenters. The number of nitrogens with one attached hydrogen (secondary N) is 2. The second-order valence-corrected chi connectivity index (χ2v) is 3.94. The zero-order chi connectivity index (χ0) is 10.9. The Morgan fingerprint density at radius 2 is 2.12 bits per heavy atom. The molecule has 1 amide bonds. The number of hydrogen-bond acceptors (Lipinski definition) is 3. The summed E-state index contributed by atoms with van der Waals surface area (Å²) in [5.74, 6) is 0.736. The molecule has 0 aromatic heterocycles. The van der Waals surface area contributed by atoms with Crippen molar-refractivity contribution in [1.82, 2.24) is 10.6 Å². The normalized spacial score (nSPS) is 16.6. The van der Waals surface area contributed by atoms with Crippen LogP contribution in [0.5, 0.6) is 0 Å². The van der Waals surface area contributed by atoms with Gasteiger partial charge in [-0.25, -0.2) is 0 Å². The Morgan fingerprint density at radius 1 is 1.44 bits per heavy atom. The van der Waals surface area contributed by atoms with E-state index in [9.17, 15) is 4.79 Å². The molecule has 0 bridgehead atoms. The van der Waals surface area contributed by atoms with Gasteiger partial charge in [0, 0.05) is 19.6 Å². The van der Waals surface area contributed by atoms with E-state index in [2.05, 4.69) is 10.6 Å². The van der Waals surface area contributed by atoms with Gasteiger partial charge in [0.05, 0.1) is 6.61 Å². The number of halogens is 1. The van der Waals surface area contributed by atoms with Crippen LogP contribution in [-0.2, 0) is 9.53 Å². The van der Waals surface area contributed by atoms with Crippen LogP contribution < -0.4 is 10.6 Å². The lowest BCUT2D eigenvalue weighted by atomic mass is 9.94. The summed E-state index contributed by atoms with van der Waals surface area (Å²) in [5, 5.41) is 6.18. The predicted molar refractivity (Wildman–Crippen MR) is 67.0 cm³/mol. The monoisotopic (exact) mass is 250 g/mol. The van der Waals surface area contributed by atoms with E-state index in [0.717, 1.165) is 25.9 Å². The van der Waals surface area contributed by atoms with E-state index in [-0.39, 0.29) is 18.3 Å². The van der Waals surface area contributed by atoms with Gasteiger partial charge < -0.3 is 15.4 Å². The van der Waals surface area contributed by atoms with Crippen LogP contribution in [0.25, 0.3) is 0 Å². The number of amides is 1. The van der Waals surface area contributed by atoms with Gasteiger partial charge in [0.15, 0.2) is 0 Å². The highest BCUT2D eigenvalue weighted by Gasteiger charge is 2.16. The third kappa shape index (κ3) is 7.04. The van der Waals surface area contributed by atoms with Crippen molar-refractivity contribution >= 4 is 18.3 Å². The lowest BCUT2D eigenvalue weighted by Gasteiger charge is -2.21. The van der Waals surface area contributed by atoms with Crippen LogP contribution in [0.1, 0.15) is 26.2 Å². The van der Waals surface area contributed by atoms with Gasteiger partial charge in [-0.2, -0.15) is 0 Å². The molecule has 0 aromatic carbocycles. The molecule has 96 valence electrons. The topological polar surface area (TPSA) is 50.4 Å². The highest BCUT2D eigenvalue weighted by Crippen LogP contribution is 2.15. The van der Waals surface area contributed by atoms with Crippen molar-refractivity contribution in [1.29, 1.82) is 0 Å². The van der Waals surface area contributed by atoms with Crippen LogP contribution in [-0.4, -0.2) is 38.8 Å². The quantitative estimate of drug-likeness (QED) is 0.691.